The van der Waals surface area contributed by atoms with Crippen LogP contribution in [0.4, 0.5) is 8.78 Å². The number of halogens is 3. The Bertz CT molecular complexity index is 320. The number of alkyl halides is 2. The Hall–Kier alpha value is -0.190. The first-order chi connectivity index (χ1) is 6.60. The quantitative estimate of drug-likeness (QED) is 0.833. The van der Waals surface area contributed by atoms with Crippen molar-refractivity contribution < 1.29 is 8.78 Å². The number of hydrogen-bond acceptors (Lipinski definition) is 2. The standard InChI is InChI=1S/C9H10ClF2NS/c10-8-4-3-7(14-8)9(11,12)6-2-1-5-13-6/h3-4,6,13H,1-2,5H2. The third kappa shape index (κ3) is 1.78. The highest BCUT2D eigenvalue weighted by Crippen LogP contribution is 2.40. The van der Waals surface area contributed by atoms with Gasteiger partial charge in [0.25, 0.3) is 5.92 Å². The van der Waals surface area contributed by atoms with E-state index in [0.717, 1.165) is 17.8 Å². The fourth-order valence-corrected chi connectivity index (χ4v) is 2.73. The Morgan fingerprint density at radius 3 is 2.79 bits per heavy atom. The second-order valence-corrected chi connectivity index (χ2v) is 5.09. The van der Waals surface area contributed by atoms with Gasteiger partial charge in [0, 0.05) is 0 Å². The molecule has 78 valence electrons. The molecule has 1 unspecified atom stereocenters. The lowest BCUT2D eigenvalue weighted by Crippen LogP contribution is -2.37. The Kier molecular flexibility index (Phi) is 2.77. The van der Waals surface area contributed by atoms with Crippen LogP contribution in [0.5, 0.6) is 0 Å². The summed E-state index contributed by atoms with van der Waals surface area (Å²) < 4.78 is 27.9. The van der Waals surface area contributed by atoms with E-state index in [1.807, 2.05) is 0 Å². The van der Waals surface area contributed by atoms with Crippen molar-refractivity contribution in [1.82, 2.24) is 5.32 Å². The van der Waals surface area contributed by atoms with Gasteiger partial charge in [0.15, 0.2) is 0 Å². The predicted molar refractivity (Wildman–Crippen MR) is 54.2 cm³/mol. The topological polar surface area (TPSA) is 12.0 Å². The van der Waals surface area contributed by atoms with E-state index in [9.17, 15) is 8.78 Å². The van der Waals surface area contributed by atoms with E-state index in [0.29, 0.717) is 17.3 Å². The molecule has 1 nitrogen and oxygen atoms in total. The minimum absolute atomic E-state index is 0.0573. The van der Waals surface area contributed by atoms with Crippen molar-refractivity contribution in [2.24, 2.45) is 0 Å². The van der Waals surface area contributed by atoms with E-state index in [1.54, 1.807) is 0 Å². The van der Waals surface area contributed by atoms with Crippen molar-refractivity contribution in [3.05, 3.63) is 21.3 Å². The molecule has 5 heteroatoms. The van der Waals surface area contributed by atoms with E-state index in [1.165, 1.54) is 12.1 Å². The minimum atomic E-state index is -2.78. The van der Waals surface area contributed by atoms with Gasteiger partial charge in [-0.15, -0.1) is 11.3 Å². The second kappa shape index (κ2) is 3.76. The maximum absolute atomic E-state index is 13.8. The first kappa shape index (κ1) is 10.3. The molecule has 1 saturated heterocycles. The summed E-state index contributed by atoms with van der Waals surface area (Å²) in [4.78, 5) is 0.0573. The third-order valence-corrected chi connectivity index (χ3v) is 3.72. The average molecular weight is 238 g/mol. The number of nitrogens with one attached hydrogen (secondary N) is 1. The van der Waals surface area contributed by atoms with Crippen LogP contribution in [0.1, 0.15) is 17.7 Å². The van der Waals surface area contributed by atoms with Crippen LogP contribution in [0.3, 0.4) is 0 Å². The van der Waals surface area contributed by atoms with Gasteiger partial charge in [-0.2, -0.15) is 8.78 Å². The van der Waals surface area contributed by atoms with Gasteiger partial charge in [0.05, 0.1) is 15.3 Å². The fourth-order valence-electron chi connectivity index (χ4n) is 1.66. The monoisotopic (exact) mass is 237 g/mol. The van der Waals surface area contributed by atoms with Crippen LogP contribution in [-0.2, 0) is 5.92 Å². The van der Waals surface area contributed by atoms with Crippen LogP contribution in [0, 0.1) is 0 Å². The average Bonchev–Trinajstić information content (AvgIpc) is 2.72. The zero-order valence-electron chi connectivity index (χ0n) is 7.40. The van der Waals surface area contributed by atoms with Crippen LogP contribution in [0.25, 0.3) is 0 Å². The summed E-state index contributed by atoms with van der Waals surface area (Å²) in [6.45, 7) is 0.680. The summed E-state index contributed by atoms with van der Waals surface area (Å²) >= 11 is 6.59. The normalized spacial score (nSPS) is 22.9. The molecule has 0 bridgehead atoms. The lowest BCUT2D eigenvalue weighted by molar-refractivity contribution is -0.0340. The van der Waals surface area contributed by atoms with Crippen LogP contribution < -0.4 is 5.32 Å². The smallest absolute Gasteiger partial charge is 0.297 e. The molecule has 0 spiro atoms. The molecule has 2 rings (SSSR count). The molecule has 2 heterocycles. The molecule has 1 N–H and O–H groups in total. The third-order valence-electron chi connectivity index (χ3n) is 2.40. The Morgan fingerprint density at radius 2 is 2.29 bits per heavy atom. The molecule has 1 fully saturated rings. The summed E-state index contributed by atoms with van der Waals surface area (Å²) in [5.41, 5.74) is 0. The minimum Gasteiger partial charge on any atom is -0.308 e. The van der Waals surface area contributed by atoms with Crippen molar-refractivity contribution >= 4 is 22.9 Å². The zero-order chi connectivity index (χ0) is 10.2. The lowest BCUT2D eigenvalue weighted by Gasteiger charge is -2.21. The molecule has 0 aliphatic carbocycles. The molecular formula is C9H10ClF2NS. The van der Waals surface area contributed by atoms with E-state index in [2.05, 4.69) is 5.32 Å². The molecule has 1 atom stereocenters. The largest absolute Gasteiger partial charge is 0.308 e. The Labute approximate surface area is 90.1 Å². The van der Waals surface area contributed by atoms with Gasteiger partial charge in [-0.1, -0.05) is 11.6 Å². The molecule has 0 amide bonds. The van der Waals surface area contributed by atoms with Crippen LogP contribution in [0.2, 0.25) is 4.34 Å². The summed E-state index contributed by atoms with van der Waals surface area (Å²) in [5.74, 6) is -2.78. The van der Waals surface area contributed by atoms with Gasteiger partial charge in [0.1, 0.15) is 0 Å². The number of rotatable bonds is 2. The van der Waals surface area contributed by atoms with Gasteiger partial charge in [0.2, 0.25) is 0 Å². The highest BCUT2D eigenvalue weighted by atomic mass is 35.5. The summed E-state index contributed by atoms with van der Waals surface area (Å²) in [7, 11) is 0. The van der Waals surface area contributed by atoms with E-state index in [-0.39, 0.29) is 4.88 Å². The van der Waals surface area contributed by atoms with Crippen molar-refractivity contribution in [1.29, 1.82) is 0 Å². The van der Waals surface area contributed by atoms with Gasteiger partial charge in [-0.3, -0.25) is 0 Å². The van der Waals surface area contributed by atoms with Gasteiger partial charge in [-0.25, -0.2) is 0 Å². The Balaban J connectivity index is 2.22. The van der Waals surface area contributed by atoms with Crippen molar-refractivity contribution in [2.75, 3.05) is 6.54 Å². The molecule has 0 aromatic carbocycles. The zero-order valence-corrected chi connectivity index (χ0v) is 8.97. The molecule has 1 aromatic heterocycles. The maximum Gasteiger partial charge on any atom is 0.297 e. The maximum atomic E-state index is 13.8. The number of thiophene rings is 1. The highest BCUT2D eigenvalue weighted by Gasteiger charge is 2.43. The Morgan fingerprint density at radius 1 is 1.50 bits per heavy atom. The second-order valence-electron chi connectivity index (χ2n) is 3.38. The molecule has 1 aliphatic rings. The van der Waals surface area contributed by atoms with Gasteiger partial charge >= 0.3 is 0 Å². The van der Waals surface area contributed by atoms with E-state index < -0.39 is 12.0 Å². The summed E-state index contributed by atoms with van der Waals surface area (Å²) in [6, 6.07) is 2.20. The van der Waals surface area contributed by atoms with Crippen molar-refractivity contribution in [3.8, 4) is 0 Å². The van der Waals surface area contributed by atoms with Crippen LogP contribution in [-0.4, -0.2) is 12.6 Å². The molecule has 1 aliphatic heterocycles. The first-order valence-electron chi connectivity index (χ1n) is 4.48. The van der Waals surface area contributed by atoms with Crippen molar-refractivity contribution in [2.45, 2.75) is 24.8 Å². The fraction of sp³-hybridized carbons (Fsp3) is 0.556. The van der Waals surface area contributed by atoms with Crippen LogP contribution in [0.15, 0.2) is 12.1 Å². The highest BCUT2D eigenvalue weighted by molar-refractivity contribution is 7.16. The summed E-state index contributed by atoms with van der Waals surface area (Å²) in [6.07, 6.45) is 1.35. The molecule has 0 saturated carbocycles. The molecule has 14 heavy (non-hydrogen) atoms. The first-order valence-corrected chi connectivity index (χ1v) is 5.67. The van der Waals surface area contributed by atoms with Crippen LogP contribution >= 0.6 is 22.9 Å². The number of hydrogen-bond donors (Lipinski definition) is 1. The summed E-state index contributed by atoms with van der Waals surface area (Å²) in [5, 5.41) is 2.82. The molecule has 0 radical (unpaired) electrons. The molecule has 1 aromatic rings. The lowest BCUT2D eigenvalue weighted by atomic mass is 10.1. The van der Waals surface area contributed by atoms with Crippen molar-refractivity contribution in [3.63, 3.8) is 0 Å². The van der Waals surface area contributed by atoms with Gasteiger partial charge in [-0.05, 0) is 31.5 Å². The molecular weight excluding hydrogens is 228 g/mol. The van der Waals surface area contributed by atoms with Gasteiger partial charge < -0.3 is 5.32 Å². The predicted octanol–water partition coefficient (Wildman–Crippen LogP) is 3.25. The van der Waals surface area contributed by atoms with E-state index in [4.69, 9.17) is 11.6 Å². The van der Waals surface area contributed by atoms with E-state index >= 15 is 0 Å². The SMILES string of the molecule is FC(F)(c1ccc(Cl)s1)C1CCCN1.